The van der Waals surface area contributed by atoms with Gasteiger partial charge in [0.1, 0.15) is 28.9 Å². The molecule has 3 saturated heterocycles. The van der Waals surface area contributed by atoms with Gasteiger partial charge in [0, 0.05) is 51.0 Å². The molecule has 17 heteroatoms. The zero-order chi connectivity index (χ0) is 38.6. The molecule has 300 valence electrons. The van der Waals surface area contributed by atoms with Crippen LogP contribution < -0.4 is 15.4 Å². The Hall–Kier alpha value is -3.80. The number of ether oxygens (including phenoxy) is 4. The van der Waals surface area contributed by atoms with Crippen LogP contribution in [-0.2, 0) is 30.3 Å². The first kappa shape index (κ1) is 38.1. The average Bonchev–Trinajstić information content (AvgIpc) is 4.08. The van der Waals surface area contributed by atoms with Crippen molar-refractivity contribution in [1.82, 2.24) is 24.9 Å². The number of carbonyl (C=O) groups is 3. The molecule has 0 radical (unpaired) electrons. The highest BCUT2D eigenvalue weighted by Crippen LogP contribution is 2.52. The van der Waals surface area contributed by atoms with E-state index in [1.54, 1.807) is 10.7 Å². The largest absolute Gasteiger partial charge is 0.487 e. The summed E-state index contributed by atoms with van der Waals surface area (Å²) in [7, 11) is 1.27. The second-order valence-electron chi connectivity index (χ2n) is 15.9. The van der Waals surface area contributed by atoms with Crippen molar-refractivity contribution in [3.05, 3.63) is 41.5 Å². The second kappa shape index (κ2) is 14.9. The van der Waals surface area contributed by atoms with Crippen molar-refractivity contribution in [2.24, 2.45) is 17.8 Å². The van der Waals surface area contributed by atoms with Crippen molar-refractivity contribution in [2.45, 2.75) is 101 Å². The molecule has 2 aliphatic carbocycles. The summed E-state index contributed by atoms with van der Waals surface area (Å²) < 4.78 is 82.9. The van der Waals surface area contributed by atoms with Crippen LogP contribution in [-0.4, -0.2) is 120 Å². The Morgan fingerprint density at radius 2 is 1.82 bits per heavy atom. The molecule has 5 fully saturated rings. The lowest BCUT2D eigenvalue weighted by molar-refractivity contribution is -0.256. The second-order valence-corrected chi connectivity index (χ2v) is 15.9. The van der Waals surface area contributed by atoms with Gasteiger partial charge in [0.15, 0.2) is 12.2 Å². The quantitative estimate of drug-likeness (QED) is 0.306. The highest BCUT2D eigenvalue weighted by atomic mass is 19.4. The lowest BCUT2D eigenvalue weighted by Gasteiger charge is -2.52. The number of anilines is 1. The van der Waals surface area contributed by atoms with Crippen molar-refractivity contribution < 1.29 is 50.9 Å². The fraction of sp³-hybridized carbons (Fsp3) is 0.684. The molecule has 6 aliphatic rings. The van der Waals surface area contributed by atoms with Gasteiger partial charge in [0.05, 0.1) is 44.1 Å². The molecule has 3 amide bonds. The first-order valence-corrected chi connectivity index (χ1v) is 19.4. The molecule has 4 atom stereocenters. The number of nitrogens with one attached hydrogen (secondary N) is 2. The van der Waals surface area contributed by atoms with Crippen LogP contribution in [0.25, 0.3) is 0 Å². The predicted molar refractivity (Wildman–Crippen MR) is 188 cm³/mol. The Morgan fingerprint density at radius 3 is 2.42 bits per heavy atom. The van der Waals surface area contributed by atoms with Gasteiger partial charge in [-0.1, -0.05) is 0 Å². The number of alkyl halides is 3. The van der Waals surface area contributed by atoms with Crippen LogP contribution in [0.4, 0.5) is 23.2 Å². The number of halogens is 4. The SMILES string of the molecule is CCn1nccc1C(=O)N[C@H](C(=O)Nc1cc2c(cc1F)C(N1C[C@@H](C(F)(F)F)OC(COC)C1=O)CC1(CCN(C3COC3)CC1)O2)C(C1CC1)C1CC1. The minimum absolute atomic E-state index is 0.133. The van der Waals surface area contributed by atoms with Crippen LogP contribution in [0, 0.1) is 23.6 Å². The third kappa shape index (κ3) is 7.68. The molecule has 2 aromatic rings. The minimum Gasteiger partial charge on any atom is -0.487 e. The molecule has 0 bridgehead atoms. The highest BCUT2D eigenvalue weighted by molar-refractivity contribution is 6.01. The van der Waals surface area contributed by atoms with E-state index >= 15 is 4.39 Å². The summed E-state index contributed by atoms with van der Waals surface area (Å²) in [4.78, 5) is 45.1. The summed E-state index contributed by atoms with van der Waals surface area (Å²) >= 11 is 0. The van der Waals surface area contributed by atoms with E-state index in [4.69, 9.17) is 18.9 Å². The third-order valence-corrected chi connectivity index (χ3v) is 12.3. The number of aromatic nitrogens is 2. The Balaban J connectivity index is 1.11. The molecule has 2 unspecified atom stereocenters. The van der Waals surface area contributed by atoms with Crippen LogP contribution in [0.2, 0.25) is 0 Å². The Kier molecular flexibility index (Phi) is 10.3. The molecule has 2 saturated carbocycles. The summed E-state index contributed by atoms with van der Waals surface area (Å²) in [5, 5.41) is 9.89. The van der Waals surface area contributed by atoms with Crippen molar-refractivity contribution in [1.29, 1.82) is 0 Å². The normalized spacial score (nSPS) is 26.3. The number of likely N-dealkylation sites (tertiary alicyclic amines) is 1. The summed E-state index contributed by atoms with van der Waals surface area (Å²) in [5.74, 6) is -2.02. The van der Waals surface area contributed by atoms with Gasteiger partial charge in [0.2, 0.25) is 5.91 Å². The van der Waals surface area contributed by atoms with Gasteiger partial charge in [-0.15, -0.1) is 0 Å². The Bertz CT molecular complexity index is 1760. The molecule has 2 N–H and O–H groups in total. The number of hydrogen-bond acceptors (Lipinski definition) is 9. The van der Waals surface area contributed by atoms with Crippen molar-refractivity contribution >= 4 is 23.4 Å². The zero-order valence-electron chi connectivity index (χ0n) is 31.0. The van der Waals surface area contributed by atoms with Crippen LogP contribution in [0.1, 0.15) is 74.0 Å². The standard InChI is InChI=1S/C38H48F4N6O7/c1-3-48-27(8-11-43-48)34(49)45-33(32(21-4-5-21)22-6-7-22)35(50)44-26-15-29-24(14-25(26)39)28(16-37(55-29)9-12-46(13-10-37)23-18-53-19-23)47-17-31(38(40,41)42)54-30(20-52-2)36(47)51/h8,11,14-15,21-23,28,30-33H,3-7,9-10,12-13,16-20H2,1-2H3,(H,44,50)(H,45,49)/t28?,30?,31-,33-/m0/s1. The fourth-order valence-corrected chi connectivity index (χ4v) is 8.97. The van der Waals surface area contributed by atoms with Crippen molar-refractivity contribution in [2.75, 3.05) is 51.9 Å². The zero-order valence-corrected chi connectivity index (χ0v) is 31.0. The molecule has 5 heterocycles. The van der Waals surface area contributed by atoms with Gasteiger partial charge in [-0.25, -0.2) is 4.39 Å². The maximum atomic E-state index is 16.3. The van der Waals surface area contributed by atoms with E-state index in [0.717, 1.165) is 36.6 Å². The average molecular weight is 777 g/mol. The molecule has 1 spiro atoms. The van der Waals surface area contributed by atoms with Gasteiger partial charge in [-0.05, 0) is 75.3 Å². The number of aryl methyl sites for hydroxylation is 1. The smallest absolute Gasteiger partial charge is 0.416 e. The lowest BCUT2D eigenvalue weighted by atomic mass is 9.79. The fourth-order valence-electron chi connectivity index (χ4n) is 8.97. The van der Waals surface area contributed by atoms with Crippen molar-refractivity contribution in [3.8, 4) is 5.75 Å². The number of benzene rings is 1. The number of amides is 3. The summed E-state index contributed by atoms with van der Waals surface area (Å²) in [6.07, 6.45) is -2.14. The first-order chi connectivity index (χ1) is 26.4. The Morgan fingerprint density at radius 1 is 1.11 bits per heavy atom. The first-order valence-electron chi connectivity index (χ1n) is 19.4. The number of piperidine rings is 1. The van der Waals surface area contributed by atoms with Gasteiger partial charge in [-0.3, -0.25) is 24.0 Å². The van der Waals surface area contributed by atoms with Crippen LogP contribution in [0.3, 0.4) is 0 Å². The number of nitrogens with zero attached hydrogens (tertiary/aromatic N) is 4. The van der Waals surface area contributed by atoms with E-state index in [0.29, 0.717) is 51.4 Å². The lowest BCUT2D eigenvalue weighted by Crippen LogP contribution is -2.61. The molecule has 4 aliphatic heterocycles. The minimum atomic E-state index is -4.77. The molecular weight excluding hydrogens is 728 g/mol. The monoisotopic (exact) mass is 776 g/mol. The van der Waals surface area contributed by atoms with Gasteiger partial charge < -0.3 is 34.5 Å². The van der Waals surface area contributed by atoms with E-state index in [9.17, 15) is 27.6 Å². The van der Waals surface area contributed by atoms with Gasteiger partial charge >= 0.3 is 6.18 Å². The van der Waals surface area contributed by atoms with E-state index in [1.165, 1.54) is 19.4 Å². The number of morpholine rings is 1. The number of methoxy groups -OCH3 is 1. The molecular formula is C38H48F4N6O7. The number of hydrogen-bond donors (Lipinski definition) is 2. The predicted octanol–water partition coefficient (Wildman–Crippen LogP) is 4.08. The maximum absolute atomic E-state index is 16.3. The highest BCUT2D eigenvalue weighted by Gasteiger charge is 2.54. The molecule has 55 heavy (non-hydrogen) atoms. The van der Waals surface area contributed by atoms with Crippen LogP contribution in [0.5, 0.6) is 5.75 Å². The molecule has 13 nitrogen and oxygen atoms in total. The van der Waals surface area contributed by atoms with E-state index in [2.05, 4.69) is 20.6 Å². The Labute approximate surface area is 316 Å². The molecule has 1 aromatic carbocycles. The number of rotatable bonds is 12. The van der Waals surface area contributed by atoms with Gasteiger partial charge in [0.25, 0.3) is 11.8 Å². The van der Waals surface area contributed by atoms with Crippen LogP contribution >= 0.6 is 0 Å². The summed E-state index contributed by atoms with van der Waals surface area (Å²) in [6.45, 7) is 3.66. The maximum Gasteiger partial charge on any atom is 0.416 e. The van der Waals surface area contributed by atoms with E-state index in [1.807, 2.05) is 6.92 Å². The molecule has 8 rings (SSSR count). The van der Waals surface area contributed by atoms with Gasteiger partial charge in [-0.2, -0.15) is 18.3 Å². The number of fused-ring (bicyclic) bond motifs is 1. The topological polar surface area (TPSA) is 136 Å². The molecule has 1 aromatic heterocycles. The third-order valence-electron chi connectivity index (χ3n) is 12.3. The summed E-state index contributed by atoms with van der Waals surface area (Å²) in [6, 6.07) is 2.44. The van der Waals surface area contributed by atoms with Crippen LogP contribution in [0.15, 0.2) is 24.4 Å². The summed E-state index contributed by atoms with van der Waals surface area (Å²) in [5.41, 5.74) is -0.562. The van der Waals surface area contributed by atoms with Crippen molar-refractivity contribution in [3.63, 3.8) is 0 Å². The number of carbonyl (C=O) groups excluding carboxylic acids is 3. The van der Waals surface area contributed by atoms with E-state index in [-0.39, 0.29) is 53.8 Å². The van der Waals surface area contributed by atoms with E-state index < -0.39 is 66.2 Å².